The number of ether oxygens (including phenoxy) is 1. The van der Waals surface area contributed by atoms with Crippen LogP contribution in [0.4, 0.5) is 0 Å². The number of nitrogens with one attached hydrogen (secondary N) is 1. The van der Waals surface area contributed by atoms with Gasteiger partial charge >= 0.3 is 0 Å². The maximum atomic E-state index is 6.03. The minimum atomic E-state index is 0.271. The number of rotatable bonds is 4. The van der Waals surface area contributed by atoms with Gasteiger partial charge in [0.25, 0.3) is 0 Å². The van der Waals surface area contributed by atoms with Crippen molar-refractivity contribution in [1.29, 1.82) is 0 Å². The molecule has 1 aromatic rings. The summed E-state index contributed by atoms with van der Waals surface area (Å²) >= 11 is 6.03. The van der Waals surface area contributed by atoms with Gasteiger partial charge in [-0.25, -0.2) is 0 Å². The molecule has 20 heavy (non-hydrogen) atoms. The van der Waals surface area contributed by atoms with Crippen molar-refractivity contribution in [3.63, 3.8) is 0 Å². The summed E-state index contributed by atoms with van der Waals surface area (Å²) in [4.78, 5) is 0. The molecule has 2 nitrogen and oxygen atoms in total. The van der Waals surface area contributed by atoms with E-state index in [1.54, 1.807) is 0 Å². The third-order valence-electron chi connectivity index (χ3n) is 4.82. The van der Waals surface area contributed by atoms with E-state index in [0.29, 0.717) is 6.04 Å². The summed E-state index contributed by atoms with van der Waals surface area (Å²) in [6, 6.07) is 6.61. The largest absolute Gasteiger partial charge is 0.488 e. The molecule has 1 aliphatic heterocycles. The van der Waals surface area contributed by atoms with E-state index in [1.165, 1.54) is 37.7 Å². The minimum absolute atomic E-state index is 0.271. The van der Waals surface area contributed by atoms with Gasteiger partial charge in [0.2, 0.25) is 0 Å². The Kier molecular flexibility index (Phi) is 4.52. The van der Waals surface area contributed by atoms with Gasteiger partial charge in [-0.05, 0) is 55.4 Å². The van der Waals surface area contributed by atoms with Gasteiger partial charge in [-0.1, -0.05) is 24.9 Å². The molecule has 1 atom stereocenters. The Morgan fingerprint density at radius 2 is 2.05 bits per heavy atom. The number of benzene rings is 1. The Morgan fingerprint density at radius 3 is 2.80 bits per heavy atom. The Morgan fingerprint density at radius 1 is 1.25 bits per heavy atom. The first-order valence-electron chi connectivity index (χ1n) is 7.93. The first kappa shape index (κ1) is 14.2. The maximum Gasteiger partial charge on any atom is 0.123 e. The molecule has 2 aliphatic rings. The van der Waals surface area contributed by atoms with Gasteiger partial charge in [-0.15, -0.1) is 0 Å². The second-order valence-electron chi connectivity index (χ2n) is 6.23. The van der Waals surface area contributed by atoms with Crippen molar-refractivity contribution < 1.29 is 4.74 Å². The summed E-state index contributed by atoms with van der Waals surface area (Å²) < 4.78 is 5.97. The molecule has 0 radical (unpaired) electrons. The fourth-order valence-corrected chi connectivity index (χ4v) is 3.67. The lowest BCUT2D eigenvalue weighted by Crippen LogP contribution is -2.39. The topological polar surface area (TPSA) is 21.3 Å². The second-order valence-corrected chi connectivity index (χ2v) is 6.67. The number of halogens is 1. The van der Waals surface area contributed by atoms with E-state index in [4.69, 9.17) is 16.3 Å². The van der Waals surface area contributed by atoms with Crippen molar-refractivity contribution in [2.75, 3.05) is 6.54 Å². The Bertz CT molecular complexity index is 454. The summed E-state index contributed by atoms with van der Waals surface area (Å²) in [5.74, 6) is 1.97. The lowest BCUT2D eigenvalue weighted by Gasteiger charge is -2.29. The molecule has 110 valence electrons. The zero-order valence-electron chi connectivity index (χ0n) is 12.2. The van der Waals surface area contributed by atoms with Gasteiger partial charge < -0.3 is 10.1 Å². The van der Waals surface area contributed by atoms with Crippen molar-refractivity contribution in [1.82, 2.24) is 5.32 Å². The lowest BCUT2D eigenvalue weighted by molar-refractivity contribution is 0.206. The van der Waals surface area contributed by atoms with Crippen molar-refractivity contribution in [3.8, 4) is 5.75 Å². The third kappa shape index (κ3) is 3.29. The highest BCUT2D eigenvalue weighted by atomic mass is 35.5. The van der Waals surface area contributed by atoms with Crippen LogP contribution in [0, 0.1) is 5.92 Å². The summed E-state index contributed by atoms with van der Waals surface area (Å²) in [6.07, 6.45) is 8.01. The van der Waals surface area contributed by atoms with E-state index in [9.17, 15) is 0 Å². The van der Waals surface area contributed by atoms with Crippen molar-refractivity contribution >= 4 is 11.6 Å². The highest BCUT2D eigenvalue weighted by Crippen LogP contribution is 2.31. The molecule has 1 unspecified atom stereocenters. The highest BCUT2D eigenvalue weighted by Gasteiger charge is 2.25. The predicted molar refractivity (Wildman–Crippen MR) is 83.6 cm³/mol. The smallest absolute Gasteiger partial charge is 0.123 e. The number of fused-ring (bicyclic) bond motifs is 1. The van der Waals surface area contributed by atoms with E-state index in [1.807, 2.05) is 18.2 Å². The SMILES string of the molecule is CCC1CCC(NCC2Cc3cc(Cl)ccc3O2)CC1. The van der Waals surface area contributed by atoms with Gasteiger partial charge in [-0.3, -0.25) is 0 Å². The van der Waals surface area contributed by atoms with Crippen LogP contribution in [0.3, 0.4) is 0 Å². The third-order valence-corrected chi connectivity index (χ3v) is 5.06. The molecule has 0 bridgehead atoms. The van der Waals surface area contributed by atoms with Crippen LogP contribution in [-0.4, -0.2) is 18.7 Å². The van der Waals surface area contributed by atoms with Crippen LogP contribution in [0.25, 0.3) is 0 Å². The highest BCUT2D eigenvalue weighted by molar-refractivity contribution is 6.30. The molecule has 3 rings (SSSR count). The first-order chi connectivity index (χ1) is 9.74. The quantitative estimate of drug-likeness (QED) is 0.898. The molecule has 0 saturated heterocycles. The molecule has 1 saturated carbocycles. The Labute approximate surface area is 126 Å². The molecule has 0 spiro atoms. The summed E-state index contributed by atoms with van der Waals surface area (Å²) in [5.41, 5.74) is 1.25. The Balaban J connectivity index is 1.45. The van der Waals surface area contributed by atoms with Gasteiger partial charge in [-0.2, -0.15) is 0 Å². The first-order valence-corrected chi connectivity index (χ1v) is 8.31. The van der Waals surface area contributed by atoms with Gasteiger partial charge in [0.05, 0.1) is 0 Å². The lowest BCUT2D eigenvalue weighted by atomic mass is 9.84. The Hall–Kier alpha value is -0.730. The monoisotopic (exact) mass is 293 g/mol. The standard InChI is InChI=1S/C17H24ClNO/c1-2-12-3-6-15(7-4-12)19-11-16-10-13-9-14(18)5-8-17(13)20-16/h5,8-9,12,15-16,19H,2-4,6-7,10-11H2,1H3. The number of hydrogen-bond acceptors (Lipinski definition) is 2. The van der Waals surface area contributed by atoms with Gasteiger partial charge in [0, 0.05) is 24.0 Å². The molecular weight excluding hydrogens is 270 g/mol. The molecule has 0 aromatic heterocycles. The van der Waals surface area contributed by atoms with E-state index >= 15 is 0 Å². The van der Waals surface area contributed by atoms with Crippen LogP contribution in [0.1, 0.15) is 44.6 Å². The fourth-order valence-electron chi connectivity index (χ4n) is 3.48. The number of hydrogen-bond donors (Lipinski definition) is 1. The van der Waals surface area contributed by atoms with Crippen LogP contribution in [0.2, 0.25) is 5.02 Å². The van der Waals surface area contributed by atoms with Crippen LogP contribution in [0.5, 0.6) is 5.75 Å². The van der Waals surface area contributed by atoms with Crippen LogP contribution >= 0.6 is 11.6 Å². The van der Waals surface area contributed by atoms with E-state index in [0.717, 1.165) is 29.7 Å². The zero-order valence-corrected chi connectivity index (χ0v) is 13.0. The fraction of sp³-hybridized carbons (Fsp3) is 0.647. The average molecular weight is 294 g/mol. The normalized spacial score (nSPS) is 29.0. The molecule has 1 fully saturated rings. The van der Waals surface area contributed by atoms with E-state index < -0.39 is 0 Å². The predicted octanol–water partition coefficient (Wildman–Crippen LogP) is 4.20. The van der Waals surface area contributed by atoms with Crippen LogP contribution in [0.15, 0.2) is 18.2 Å². The molecule has 1 aromatic carbocycles. The van der Waals surface area contributed by atoms with Gasteiger partial charge in [0.15, 0.2) is 0 Å². The van der Waals surface area contributed by atoms with Crippen molar-refractivity contribution in [2.24, 2.45) is 5.92 Å². The summed E-state index contributed by atoms with van der Waals surface area (Å²) in [7, 11) is 0. The van der Waals surface area contributed by atoms with Crippen LogP contribution < -0.4 is 10.1 Å². The van der Waals surface area contributed by atoms with Gasteiger partial charge in [0.1, 0.15) is 11.9 Å². The summed E-state index contributed by atoms with van der Waals surface area (Å²) in [6.45, 7) is 3.26. The van der Waals surface area contributed by atoms with E-state index in [-0.39, 0.29) is 6.10 Å². The van der Waals surface area contributed by atoms with E-state index in [2.05, 4.69) is 12.2 Å². The minimum Gasteiger partial charge on any atom is -0.488 e. The van der Waals surface area contributed by atoms with Crippen molar-refractivity contribution in [2.45, 2.75) is 57.6 Å². The molecule has 0 amide bonds. The molecule has 1 heterocycles. The maximum absolute atomic E-state index is 6.03. The summed E-state index contributed by atoms with van der Waals surface area (Å²) in [5, 5.41) is 4.50. The zero-order chi connectivity index (χ0) is 13.9. The molecule has 1 aliphatic carbocycles. The molecule has 3 heteroatoms. The average Bonchev–Trinajstić information content (AvgIpc) is 2.87. The molecule has 1 N–H and O–H groups in total. The van der Waals surface area contributed by atoms with Crippen LogP contribution in [-0.2, 0) is 6.42 Å². The molecular formula is C17H24ClNO. The van der Waals surface area contributed by atoms with Crippen molar-refractivity contribution in [3.05, 3.63) is 28.8 Å². The second kappa shape index (κ2) is 6.36.